The van der Waals surface area contributed by atoms with E-state index in [1.54, 1.807) is 0 Å². The van der Waals surface area contributed by atoms with Crippen molar-refractivity contribution in [3.63, 3.8) is 0 Å². The van der Waals surface area contributed by atoms with Gasteiger partial charge in [-0.25, -0.2) is 0 Å². The summed E-state index contributed by atoms with van der Waals surface area (Å²) >= 11 is 7.78. The highest BCUT2D eigenvalue weighted by atomic mass is 35.5. The Hall–Kier alpha value is -1.40. The van der Waals surface area contributed by atoms with Gasteiger partial charge in [-0.3, -0.25) is 14.6 Å². The number of hydrogen-bond acceptors (Lipinski definition) is 4. The molecule has 144 valence electrons. The van der Waals surface area contributed by atoms with Gasteiger partial charge in [-0.2, -0.15) is 0 Å². The Morgan fingerprint density at radius 1 is 1.11 bits per heavy atom. The lowest BCUT2D eigenvalue weighted by Gasteiger charge is -2.39. The molecule has 0 saturated carbocycles. The van der Waals surface area contributed by atoms with Crippen molar-refractivity contribution in [2.24, 2.45) is 0 Å². The molecule has 4 nitrogen and oxygen atoms in total. The van der Waals surface area contributed by atoms with Gasteiger partial charge in [0.25, 0.3) is 0 Å². The zero-order valence-electron chi connectivity index (χ0n) is 15.7. The number of thiophene rings is 1. The minimum atomic E-state index is -0.0390. The maximum atomic E-state index is 13.0. The Morgan fingerprint density at radius 2 is 1.85 bits per heavy atom. The quantitative estimate of drug-likeness (QED) is 0.781. The number of carbonyl (C=O) groups is 1. The van der Waals surface area contributed by atoms with Crippen LogP contribution in [-0.2, 0) is 24.3 Å². The van der Waals surface area contributed by atoms with Crippen molar-refractivity contribution >= 4 is 28.8 Å². The highest BCUT2D eigenvalue weighted by Crippen LogP contribution is 2.25. The zero-order valence-corrected chi connectivity index (χ0v) is 17.3. The van der Waals surface area contributed by atoms with E-state index in [-0.39, 0.29) is 11.9 Å². The van der Waals surface area contributed by atoms with Crippen molar-refractivity contribution in [1.82, 2.24) is 14.7 Å². The molecule has 0 spiro atoms. The number of halogens is 1. The summed E-state index contributed by atoms with van der Waals surface area (Å²) in [5.41, 5.74) is 2.62. The molecule has 3 heterocycles. The van der Waals surface area contributed by atoms with Crippen LogP contribution in [0.25, 0.3) is 0 Å². The second-order valence-electron chi connectivity index (χ2n) is 7.49. The standard InChI is InChI=1S/C21H26ClN3OS/c1-16(21(26)25-8-6-20-18(15-25)7-13-27-20)24-11-9-23(10-12-24)14-17-2-4-19(22)5-3-17/h2-5,7,13,16H,6,8-12,14-15H2,1H3. The normalized spacial score (nSPS) is 19.7. The SMILES string of the molecule is CC(C(=O)N1CCc2sccc2C1)N1CCN(Cc2ccc(Cl)cc2)CC1. The molecule has 2 aliphatic heterocycles. The first-order valence-electron chi connectivity index (χ1n) is 9.65. The predicted octanol–water partition coefficient (Wildman–Crippen LogP) is 3.49. The number of nitrogens with zero attached hydrogens (tertiary/aromatic N) is 3. The second-order valence-corrected chi connectivity index (χ2v) is 8.93. The fraction of sp³-hybridized carbons (Fsp3) is 0.476. The van der Waals surface area contributed by atoms with Crippen molar-refractivity contribution in [1.29, 1.82) is 0 Å². The van der Waals surface area contributed by atoms with Crippen LogP contribution in [0.2, 0.25) is 5.02 Å². The van der Waals surface area contributed by atoms with Gasteiger partial charge >= 0.3 is 0 Å². The van der Waals surface area contributed by atoms with Crippen molar-refractivity contribution < 1.29 is 4.79 Å². The van der Waals surface area contributed by atoms with E-state index in [0.29, 0.717) is 0 Å². The minimum Gasteiger partial charge on any atom is -0.337 e. The molecular formula is C21H26ClN3OS. The number of benzene rings is 1. The summed E-state index contributed by atoms with van der Waals surface area (Å²) in [6.07, 6.45) is 1.00. The van der Waals surface area contributed by atoms with Gasteiger partial charge in [-0.1, -0.05) is 23.7 Å². The minimum absolute atomic E-state index is 0.0390. The summed E-state index contributed by atoms with van der Waals surface area (Å²) in [7, 11) is 0. The molecule has 4 rings (SSSR count). The average Bonchev–Trinajstić information content (AvgIpc) is 3.17. The number of piperazine rings is 1. The first kappa shape index (κ1) is 18.9. The molecule has 1 atom stereocenters. The lowest BCUT2D eigenvalue weighted by atomic mass is 10.1. The van der Waals surface area contributed by atoms with Gasteiger partial charge in [0.15, 0.2) is 0 Å². The van der Waals surface area contributed by atoms with E-state index >= 15 is 0 Å². The molecule has 1 aromatic carbocycles. The van der Waals surface area contributed by atoms with Crippen LogP contribution in [0.4, 0.5) is 0 Å². The van der Waals surface area contributed by atoms with E-state index in [4.69, 9.17) is 11.6 Å². The highest BCUT2D eigenvalue weighted by molar-refractivity contribution is 7.10. The molecule has 0 bridgehead atoms. The predicted molar refractivity (Wildman–Crippen MR) is 111 cm³/mol. The second kappa shape index (κ2) is 8.31. The summed E-state index contributed by atoms with van der Waals surface area (Å²) in [5, 5.41) is 2.92. The number of carbonyl (C=O) groups excluding carboxylic acids is 1. The van der Waals surface area contributed by atoms with Crippen molar-refractivity contribution in [2.45, 2.75) is 32.5 Å². The van der Waals surface area contributed by atoms with Gasteiger partial charge in [0.2, 0.25) is 5.91 Å². The van der Waals surface area contributed by atoms with Gasteiger partial charge in [-0.05, 0) is 48.1 Å². The van der Waals surface area contributed by atoms with Gasteiger partial charge in [0.1, 0.15) is 0 Å². The van der Waals surface area contributed by atoms with Crippen LogP contribution in [0, 0.1) is 0 Å². The Bertz CT molecular complexity index is 783. The van der Waals surface area contributed by atoms with Crippen LogP contribution in [0.5, 0.6) is 0 Å². The summed E-state index contributed by atoms with van der Waals surface area (Å²) in [6, 6.07) is 10.2. The molecule has 0 radical (unpaired) electrons. The molecular weight excluding hydrogens is 378 g/mol. The lowest BCUT2D eigenvalue weighted by molar-refractivity contribution is -0.138. The van der Waals surface area contributed by atoms with E-state index in [1.165, 1.54) is 16.0 Å². The number of rotatable bonds is 4. The third-order valence-electron chi connectivity index (χ3n) is 5.75. The Kier molecular flexibility index (Phi) is 5.83. The fourth-order valence-corrected chi connectivity index (χ4v) is 5.03. The van der Waals surface area contributed by atoms with Crippen LogP contribution in [-0.4, -0.2) is 59.4 Å². The van der Waals surface area contributed by atoms with Crippen LogP contribution in [0.1, 0.15) is 22.9 Å². The Morgan fingerprint density at radius 3 is 2.59 bits per heavy atom. The smallest absolute Gasteiger partial charge is 0.239 e. The van der Waals surface area contributed by atoms with Gasteiger partial charge in [0, 0.05) is 55.7 Å². The van der Waals surface area contributed by atoms with Crippen molar-refractivity contribution in [3.8, 4) is 0 Å². The summed E-state index contributed by atoms with van der Waals surface area (Å²) in [5.74, 6) is 0.276. The third-order valence-corrected chi connectivity index (χ3v) is 7.03. The molecule has 1 fully saturated rings. The molecule has 1 unspecified atom stereocenters. The highest BCUT2D eigenvalue weighted by Gasteiger charge is 2.30. The maximum Gasteiger partial charge on any atom is 0.239 e. The van der Waals surface area contributed by atoms with Crippen LogP contribution < -0.4 is 0 Å². The fourth-order valence-electron chi connectivity index (χ4n) is 4.01. The lowest BCUT2D eigenvalue weighted by Crippen LogP contribution is -2.54. The largest absolute Gasteiger partial charge is 0.337 e. The van der Waals surface area contributed by atoms with Gasteiger partial charge < -0.3 is 4.90 Å². The van der Waals surface area contributed by atoms with E-state index in [1.807, 2.05) is 28.4 Å². The maximum absolute atomic E-state index is 13.0. The molecule has 6 heteroatoms. The summed E-state index contributed by atoms with van der Waals surface area (Å²) in [6.45, 7) is 8.52. The molecule has 1 amide bonds. The Balaban J connectivity index is 1.28. The zero-order chi connectivity index (χ0) is 18.8. The van der Waals surface area contributed by atoms with Crippen LogP contribution in [0.3, 0.4) is 0 Å². The molecule has 27 heavy (non-hydrogen) atoms. The van der Waals surface area contributed by atoms with E-state index in [0.717, 1.165) is 57.3 Å². The number of amides is 1. The third kappa shape index (κ3) is 4.37. The van der Waals surface area contributed by atoms with Crippen molar-refractivity contribution in [2.75, 3.05) is 32.7 Å². The summed E-state index contributed by atoms with van der Waals surface area (Å²) < 4.78 is 0. The molecule has 2 aliphatic rings. The van der Waals surface area contributed by atoms with E-state index in [2.05, 4.69) is 40.3 Å². The molecule has 0 aliphatic carbocycles. The number of hydrogen-bond donors (Lipinski definition) is 0. The molecule has 2 aromatic rings. The molecule has 0 N–H and O–H groups in total. The van der Waals surface area contributed by atoms with Gasteiger partial charge in [-0.15, -0.1) is 11.3 Å². The monoisotopic (exact) mass is 403 g/mol. The molecule has 1 saturated heterocycles. The molecule has 1 aromatic heterocycles. The van der Waals surface area contributed by atoms with E-state index < -0.39 is 0 Å². The van der Waals surface area contributed by atoms with Crippen molar-refractivity contribution in [3.05, 3.63) is 56.7 Å². The van der Waals surface area contributed by atoms with Gasteiger partial charge in [0.05, 0.1) is 6.04 Å². The number of fused-ring (bicyclic) bond motifs is 1. The first-order valence-corrected chi connectivity index (χ1v) is 10.9. The van der Waals surface area contributed by atoms with E-state index in [9.17, 15) is 4.79 Å². The average molecular weight is 404 g/mol. The van der Waals surface area contributed by atoms with Crippen LogP contribution >= 0.6 is 22.9 Å². The van der Waals surface area contributed by atoms with Crippen LogP contribution in [0.15, 0.2) is 35.7 Å². The topological polar surface area (TPSA) is 26.8 Å². The first-order chi connectivity index (χ1) is 13.1. The Labute approximate surface area is 170 Å². The summed E-state index contributed by atoms with van der Waals surface area (Å²) in [4.78, 5) is 21.3.